The van der Waals surface area contributed by atoms with Crippen LogP contribution in [0.5, 0.6) is 0 Å². The lowest BCUT2D eigenvalue weighted by molar-refractivity contribution is -0.917. The van der Waals surface area contributed by atoms with Crippen LogP contribution in [-0.2, 0) is 11.2 Å². The van der Waals surface area contributed by atoms with Crippen LogP contribution >= 0.6 is 0 Å². The molecule has 7 rings (SSSR count). The Kier molecular flexibility index (Phi) is 8.68. The summed E-state index contributed by atoms with van der Waals surface area (Å²) >= 11 is 0. The van der Waals surface area contributed by atoms with Gasteiger partial charge in [0.05, 0.1) is 37.8 Å². The third kappa shape index (κ3) is 6.95. The van der Waals surface area contributed by atoms with E-state index in [4.69, 9.17) is 0 Å². The van der Waals surface area contributed by atoms with Crippen molar-refractivity contribution in [3.63, 3.8) is 0 Å². The fourth-order valence-corrected chi connectivity index (χ4v) is 7.60. The normalized spacial score (nSPS) is 27.3. The van der Waals surface area contributed by atoms with Crippen LogP contribution in [-0.4, -0.2) is 55.7 Å². The van der Waals surface area contributed by atoms with Gasteiger partial charge in [-0.1, -0.05) is 81.0 Å². The lowest BCUT2D eigenvalue weighted by Crippen LogP contribution is -3.17. The molecule has 5 aliphatic rings. The fraction of sp³-hybridized carbons (Fsp3) is 0.636. The van der Waals surface area contributed by atoms with Crippen LogP contribution in [0.1, 0.15) is 82.6 Å². The molecule has 1 amide bonds. The Morgan fingerprint density at radius 1 is 0.846 bits per heavy atom. The number of hydrogen-bond acceptors (Lipinski definition) is 1. The van der Waals surface area contributed by atoms with Crippen molar-refractivity contribution >= 4 is 22.6 Å². The van der Waals surface area contributed by atoms with E-state index in [1.165, 1.54) is 106 Å². The highest BCUT2D eigenvalue weighted by Crippen LogP contribution is 2.21. The first-order valence-corrected chi connectivity index (χ1v) is 16.0. The van der Waals surface area contributed by atoms with Crippen LogP contribution in [0.15, 0.2) is 42.5 Å². The molecule has 2 bridgehead atoms. The maximum Gasteiger partial charge on any atom is 0.344 e. The van der Waals surface area contributed by atoms with Gasteiger partial charge in [-0.15, -0.1) is 0 Å². The lowest BCUT2D eigenvalue weighted by atomic mass is 9.84. The Bertz CT molecular complexity index is 1130. The SMILES string of the molecule is O=C(NC1C[NH+]2CCC1CC2)[C@H](Cc1ccc2ccccc2c1)NC(NC1CCCCC1)=[NH+]C1CCCCC1. The van der Waals surface area contributed by atoms with Crippen molar-refractivity contribution in [2.24, 2.45) is 5.92 Å². The average Bonchev–Trinajstić information content (AvgIpc) is 2.98. The highest BCUT2D eigenvalue weighted by atomic mass is 16.2. The van der Waals surface area contributed by atoms with Gasteiger partial charge in [-0.3, -0.25) is 20.4 Å². The molecule has 6 heteroatoms. The van der Waals surface area contributed by atoms with Gasteiger partial charge >= 0.3 is 5.96 Å². The van der Waals surface area contributed by atoms with Crippen LogP contribution in [0, 0.1) is 5.92 Å². The summed E-state index contributed by atoms with van der Waals surface area (Å²) in [4.78, 5) is 19.5. The number of carbonyl (C=O) groups is 1. The highest BCUT2D eigenvalue weighted by Gasteiger charge is 2.39. The van der Waals surface area contributed by atoms with Crippen molar-refractivity contribution in [1.29, 1.82) is 0 Å². The van der Waals surface area contributed by atoms with E-state index in [1.54, 1.807) is 4.90 Å². The zero-order chi connectivity index (χ0) is 26.4. The fourth-order valence-electron chi connectivity index (χ4n) is 7.60. The van der Waals surface area contributed by atoms with E-state index in [0.717, 1.165) is 12.5 Å². The summed E-state index contributed by atoms with van der Waals surface area (Å²) in [5.41, 5.74) is 1.20. The van der Waals surface area contributed by atoms with Gasteiger partial charge in [0.2, 0.25) is 0 Å². The minimum atomic E-state index is -0.321. The standard InChI is InChI=1S/C33H47N5O/c39-32(36-31-23-38-19-17-26(31)18-20-38)30(22-24-15-16-25-9-7-8-10-27(25)21-24)37-33(34-28-11-3-1-4-12-28)35-29-13-5-2-6-14-29/h7-10,15-16,21,26,28-31H,1-6,11-14,17-20,22-23H2,(H,36,39)(H2,34,35,37)/p+2/t30-,31?/m0/s1. The molecule has 2 aromatic rings. The van der Waals surface area contributed by atoms with E-state index in [0.29, 0.717) is 30.5 Å². The molecule has 0 radical (unpaired) electrons. The quantitative estimate of drug-likeness (QED) is 0.280. The predicted octanol–water partition coefficient (Wildman–Crippen LogP) is 1.83. The first-order valence-electron chi connectivity index (χ1n) is 16.0. The highest BCUT2D eigenvalue weighted by molar-refractivity contribution is 5.88. The summed E-state index contributed by atoms with van der Waals surface area (Å²) in [7, 11) is 0. The predicted molar refractivity (Wildman–Crippen MR) is 158 cm³/mol. The van der Waals surface area contributed by atoms with Gasteiger partial charge in [-0.2, -0.15) is 0 Å². The second-order valence-electron chi connectivity index (χ2n) is 12.8. The van der Waals surface area contributed by atoms with Crippen molar-refractivity contribution in [3.8, 4) is 0 Å². The largest absolute Gasteiger partial charge is 0.344 e. The molecule has 1 unspecified atom stereocenters. The van der Waals surface area contributed by atoms with Crippen molar-refractivity contribution in [3.05, 3.63) is 48.0 Å². The molecule has 2 aliphatic carbocycles. The molecule has 0 aromatic heterocycles. The summed E-state index contributed by atoms with van der Waals surface area (Å²) in [5, 5.41) is 13.6. The zero-order valence-electron chi connectivity index (χ0n) is 23.7. The summed E-state index contributed by atoms with van der Waals surface area (Å²) in [5.74, 6) is 1.76. The van der Waals surface area contributed by atoms with Gasteiger partial charge in [-0.25, -0.2) is 0 Å². The Hall–Kier alpha value is -2.60. The summed E-state index contributed by atoms with van der Waals surface area (Å²) in [6.45, 7) is 3.62. The van der Waals surface area contributed by atoms with Crippen LogP contribution < -0.4 is 25.8 Å². The van der Waals surface area contributed by atoms with Gasteiger partial charge in [0.25, 0.3) is 5.91 Å². The van der Waals surface area contributed by atoms with E-state index < -0.39 is 0 Å². The third-order valence-electron chi connectivity index (χ3n) is 9.94. The molecular formula is C33H49N5O+2. The van der Waals surface area contributed by atoms with Crippen LogP contribution in [0.2, 0.25) is 0 Å². The first kappa shape index (κ1) is 26.6. The Balaban J connectivity index is 1.24. The minimum Gasteiger partial charge on any atom is -0.344 e. The number of quaternary nitrogens is 1. The topological polar surface area (TPSA) is 71.6 Å². The van der Waals surface area contributed by atoms with Crippen molar-refractivity contribution < 1.29 is 14.7 Å². The number of carbonyl (C=O) groups excluding carboxylic acids is 1. The number of guanidine groups is 1. The summed E-state index contributed by atoms with van der Waals surface area (Å²) in [6, 6.07) is 16.1. The second kappa shape index (κ2) is 12.7. The molecule has 5 fully saturated rings. The molecule has 3 heterocycles. The van der Waals surface area contributed by atoms with Crippen LogP contribution in [0.4, 0.5) is 0 Å². The van der Waals surface area contributed by atoms with E-state index in [-0.39, 0.29) is 11.9 Å². The molecule has 39 heavy (non-hydrogen) atoms. The maximum atomic E-state index is 14.0. The van der Waals surface area contributed by atoms with Gasteiger partial charge in [-0.05, 0) is 47.9 Å². The van der Waals surface area contributed by atoms with Gasteiger partial charge in [0, 0.05) is 19.3 Å². The Morgan fingerprint density at radius 3 is 2.28 bits per heavy atom. The smallest absolute Gasteiger partial charge is 0.344 e. The van der Waals surface area contributed by atoms with E-state index in [2.05, 4.69) is 63.4 Å². The van der Waals surface area contributed by atoms with Gasteiger partial charge in [0.15, 0.2) is 6.04 Å². The molecule has 2 aromatic carbocycles. The molecular weight excluding hydrogens is 482 g/mol. The monoisotopic (exact) mass is 531 g/mol. The van der Waals surface area contributed by atoms with E-state index in [1.807, 2.05) is 0 Å². The number of piperidine rings is 3. The lowest BCUT2D eigenvalue weighted by Gasteiger charge is -2.42. The van der Waals surface area contributed by atoms with E-state index >= 15 is 0 Å². The first-order chi connectivity index (χ1) is 19.2. The van der Waals surface area contributed by atoms with E-state index in [9.17, 15) is 4.79 Å². The third-order valence-corrected chi connectivity index (χ3v) is 9.94. The molecule has 5 N–H and O–H groups in total. The molecule has 210 valence electrons. The maximum absolute atomic E-state index is 14.0. The van der Waals surface area contributed by atoms with Crippen molar-refractivity contribution in [2.75, 3.05) is 19.6 Å². The molecule has 0 spiro atoms. The second-order valence-corrected chi connectivity index (χ2v) is 12.8. The molecule has 6 nitrogen and oxygen atoms in total. The molecule has 2 atom stereocenters. The van der Waals surface area contributed by atoms with Gasteiger partial charge < -0.3 is 10.2 Å². The number of benzene rings is 2. The van der Waals surface area contributed by atoms with Crippen LogP contribution in [0.25, 0.3) is 10.8 Å². The van der Waals surface area contributed by atoms with Crippen molar-refractivity contribution in [1.82, 2.24) is 16.0 Å². The number of hydrogen-bond donors (Lipinski definition) is 5. The summed E-state index contributed by atoms with van der Waals surface area (Å²) in [6.07, 6.45) is 15.8. The van der Waals surface area contributed by atoms with Gasteiger partial charge in [0.1, 0.15) is 0 Å². The number of nitrogens with one attached hydrogen (secondary N) is 5. The number of rotatable bonds is 7. The van der Waals surface area contributed by atoms with Crippen LogP contribution in [0.3, 0.4) is 0 Å². The molecule has 3 aliphatic heterocycles. The Labute approximate surface area is 234 Å². The number of fused-ring (bicyclic) bond motifs is 4. The molecule has 3 saturated heterocycles. The van der Waals surface area contributed by atoms with Crippen molar-refractivity contribution in [2.45, 2.75) is 108 Å². The molecule has 2 saturated carbocycles. The Morgan fingerprint density at radius 2 is 1.56 bits per heavy atom. The zero-order valence-corrected chi connectivity index (χ0v) is 23.7. The average molecular weight is 532 g/mol. The summed E-state index contributed by atoms with van der Waals surface area (Å²) < 4.78 is 0. The minimum absolute atomic E-state index is 0.148. The number of amides is 1.